The zero-order chi connectivity index (χ0) is 17.1. The zero-order valence-electron chi connectivity index (χ0n) is 13.3. The summed E-state index contributed by atoms with van der Waals surface area (Å²) in [6, 6.07) is 13.1. The number of carbonyl (C=O) groups is 1. The fraction of sp³-hybridized carbons (Fsp3) is 0.222. The minimum atomic E-state index is -0.355. The molecule has 0 atom stereocenters. The number of fused-ring (bicyclic) bond motifs is 1. The lowest BCUT2D eigenvalue weighted by atomic mass is 10.3. The molecule has 24 heavy (non-hydrogen) atoms. The van der Waals surface area contributed by atoms with E-state index in [0.717, 1.165) is 11.0 Å². The Morgan fingerprint density at radius 2 is 1.67 bits per heavy atom. The van der Waals surface area contributed by atoms with Gasteiger partial charge in [0.05, 0.1) is 11.0 Å². The van der Waals surface area contributed by atoms with Crippen LogP contribution >= 0.6 is 0 Å². The Labute approximate surface area is 138 Å². The predicted molar refractivity (Wildman–Crippen MR) is 91.5 cm³/mol. The Balaban J connectivity index is 1.76. The van der Waals surface area contributed by atoms with Crippen LogP contribution in [0.5, 0.6) is 0 Å². The molecule has 0 unspecified atom stereocenters. The van der Waals surface area contributed by atoms with Crippen molar-refractivity contribution in [3.8, 4) is 0 Å². The van der Waals surface area contributed by atoms with Gasteiger partial charge in [-0.1, -0.05) is 12.1 Å². The third-order valence-corrected chi connectivity index (χ3v) is 3.93. The molecule has 124 valence electrons. The zero-order valence-corrected chi connectivity index (χ0v) is 13.3. The van der Waals surface area contributed by atoms with Crippen LogP contribution in [-0.2, 0) is 17.9 Å². The lowest BCUT2D eigenvalue weighted by molar-refractivity contribution is -0.116. The quantitative estimate of drug-likeness (QED) is 0.783. The van der Waals surface area contributed by atoms with Crippen molar-refractivity contribution in [3.05, 3.63) is 64.8 Å². The van der Waals surface area contributed by atoms with Crippen molar-refractivity contribution in [3.63, 3.8) is 0 Å². The maximum absolute atomic E-state index is 12.9. The molecule has 0 saturated heterocycles. The Kier molecular flexibility index (Phi) is 4.46. The molecule has 1 amide bonds. The standard InChI is InChI=1S/C18H18FN3O2/c1-2-21-15-5-3-4-6-16(15)22(18(21)24)12-11-17(23)20-14-9-7-13(19)8-10-14/h3-10H,2,11-12H2,1H3,(H,20,23). The number of aromatic nitrogens is 2. The molecule has 0 fully saturated rings. The summed E-state index contributed by atoms with van der Waals surface area (Å²) < 4.78 is 16.2. The smallest absolute Gasteiger partial charge is 0.326 e. The summed E-state index contributed by atoms with van der Waals surface area (Å²) in [6.07, 6.45) is 0.162. The summed E-state index contributed by atoms with van der Waals surface area (Å²) in [7, 11) is 0. The van der Waals surface area contributed by atoms with Crippen LogP contribution in [0.1, 0.15) is 13.3 Å². The van der Waals surface area contributed by atoms with Crippen LogP contribution < -0.4 is 11.0 Å². The van der Waals surface area contributed by atoms with Crippen molar-refractivity contribution < 1.29 is 9.18 Å². The second-order valence-corrected chi connectivity index (χ2v) is 5.47. The second-order valence-electron chi connectivity index (χ2n) is 5.47. The highest BCUT2D eigenvalue weighted by molar-refractivity contribution is 5.90. The lowest BCUT2D eigenvalue weighted by Gasteiger charge is -2.06. The van der Waals surface area contributed by atoms with Gasteiger partial charge < -0.3 is 5.32 Å². The first-order valence-corrected chi connectivity index (χ1v) is 7.83. The molecular formula is C18H18FN3O2. The van der Waals surface area contributed by atoms with Crippen LogP contribution in [0.25, 0.3) is 11.0 Å². The number of nitrogens with zero attached hydrogens (tertiary/aromatic N) is 2. The van der Waals surface area contributed by atoms with Crippen LogP contribution in [0, 0.1) is 5.82 Å². The van der Waals surface area contributed by atoms with E-state index in [-0.39, 0.29) is 23.8 Å². The summed E-state index contributed by atoms with van der Waals surface area (Å²) in [5.41, 5.74) is 2.10. The summed E-state index contributed by atoms with van der Waals surface area (Å²) in [5, 5.41) is 2.70. The molecule has 0 saturated carbocycles. The van der Waals surface area contributed by atoms with E-state index < -0.39 is 0 Å². The van der Waals surface area contributed by atoms with Gasteiger partial charge >= 0.3 is 5.69 Å². The van der Waals surface area contributed by atoms with E-state index in [1.54, 1.807) is 9.13 Å². The summed E-state index contributed by atoms with van der Waals surface area (Å²) in [4.78, 5) is 24.5. The van der Waals surface area contributed by atoms with Crippen LogP contribution in [0.3, 0.4) is 0 Å². The second kappa shape index (κ2) is 6.70. The van der Waals surface area contributed by atoms with Gasteiger partial charge in [0, 0.05) is 25.2 Å². The van der Waals surface area contributed by atoms with E-state index in [9.17, 15) is 14.0 Å². The molecule has 0 aliphatic heterocycles. The maximum Gasteiger partial charge on any atom is 0.329 e. The summed E-state index contributed by atoms with van der Waals surface area (Å²) in [6.45, 7) is 2.78. The number of halogens is 1. The molecule has 0 aliphatic carbocycles. The molecule has 0 radical (unpaired) electrons. The third kappa shape index (κ3) is 3.08. The molecule has 1 heterocycles. The van der Waals surface area contributed by atoms with Gasteiger partial charge in [-0.2, -0.15) is 0 Å². The first-order chi connectivity index (χ1) is 11.6. The first kappa shape index (κ1) is 16.0. The van der Waals surface area contributed by atoms with Crippen molar-refractivity contribution in [2.24, 2.45) is 0 Å². The molecule has 1 aromatic heterocycles. The molecular weight excluding hydrogens is 309 g/mol. The molecule has 0 bridgehead atoms. The van der Waals surface area contributed by atoms with E-state index >= 15 is 0 Å². The van der Waals surface area contributed by atoms with Gasteiger partial charge in [0.2, 0.25) is 5.91 Å². The van der Waals surface area contributed by atoms with Crippen molar-refractivity contribution >= 4 is 22.6 Å². The minimum Gasteiger partial charge on any atom is -0.326 e. The van der Waals surface area contributed by atoms with Crippen molar-refractivity contribution in [2.75, 3.05) is 5.32 Å². The molecule has 6 heteroatoms. The van der Waals surface area contributed by atoms with Crippen LogP contribution in [0.2, 0.25) is 0 Å². The van der Waals surface area contributed by atoms with Crippen molar-refractivity contribution in [2.45, 2.75) is 26.4 Å². The number of rotatable bonds is 5. The minimum absolute atomic E-state index is 0.117. The fourth-order valence-corrected chi connectivity index (χ4v) is 2.76. The fourth-order valence-electron chi connectivity index (χ4n) is 2.76. The van der Waals surface area contributed by atoms with E-state index in [1.165, 1.54) is 24.3 Å². The lowest BCUT2D eigenvalue weighted by Crippen LogP contribution is -2.25. The van der Waals surface area contributed by atoms with Crippen LogP contribution in [0.4, 0.5) is 10.1 Å². The van der Waals surface area contributed by atoms with Gasteiger partial charge in [0.1, 0.15) is 5.82 Å². The number of aryl methyl sites for hydroxylation is 2. The molecule has 3 aromatic rings. The van der Waals surface area contributed by atoms with E-state index in [0.29, 0.717) is 18.8 Å². The highest BCUT2D eigenvalue weighted by Crippen LogP contribution is 2.13. The number of anilines is 1. The average Bonchev–Trinajstić information content (AvgIpc) is 2.86. The Hall–Kier alpha value is -2.89. The SMILES string of the molecule is CCn1c(=O)n(CCC(=O)Nc2ccc(F)cc2)c2ccccc21. The predicted octanol–water partition coefficient (Wildman–Crippen LogP) is 2.99. The Morgan fingerprint density at radius 1 is 1.04 bits per heavy atom. The average molecular weight is 327 g/mol. The van der Waals surface area contributed by atoms with Gasteiger partial charge in [-0.05, 0) is 43.3 Å². The monoisotopic (exact) mass is 327 g/mol. The molecule has 2 aromatic carbocycles. The number of para-hydroxylation sites is 2. The number of hydrogen-bond acceptors (Lipinski definition) is 2. The topological polar surface area (TPSA) is 56.0 Å². The van der Waals surface area contributed by atoms with E-state index in [2.05, 4.69) is 5.32 Å². The normalized spacial score (nSPS) is 10.9. The largest absolute Gasteiger partial charge is 0.329 e. The van der Waals surface area contributed by atoms with Gasteiger partial charge in [-0.25, -0.2) is 9.18 Å². The van der Waals surface area contributed by atoms with E-state index in [4.69, 9.17) is 0 Å². The number of hydrogen-bond donors (Lipinski definition) is 1. The number of imidazole rings is 1. The van der Waals surface area contributed by atoms with E-state index in [1.807, 2.05) is 31.2 Å². The number of benzene rings is 2. The van der Waals surface area contributed by atoms with Crippen molar-refractivity contribution in [1.29, 1.82) is 0 Å². The Bertz CT molecular complexity index is 926. The third-order valence-electron chi connectivity index (χ3n) is 3.93. The van der Waals surface area contributed by atoms with Gasteiger partial charge in [-0.3, -0.25) is 13.9 Å². The maximum atomic E-state index is 12.9. The van der Waals surface area contributed by atoms with Gasteiger partial charge in [0.25, 0.3) is 0 Å². The molecule has 1 N–H and O–H groups in total. The van der Waals surface area contributed by atoms with Gasteiger partial charge in [-0.15, -0.1) is 0 Å². The molecule has 3 rings (SSSR count). The molecule has 0 aliphatic rings. The number of carbonyl (C=O) groups excluding carboxylic acids is 1. The van der Waals surface area contributed by atoms with Gasteiger partial charge in [0.15, 0.2) is 0 Å². The highest BCUT2D eigenvalue weighted by Gasteiger charge is 2.12. The summed E-state index contributed by atoms with van der Waals surface area (Å²) in [5.74, 6) is -0.575. The number of amides is 1. The van der Waals surface area contributed by atoms with Crippen molar-refractivity contribution in [1.82, 2.24) is 9.13 Å². The highest BCUT2D eigenvalue weighted by atomic mass is 19.1. The molecule has 0 spiro atoms. The van der Waals surface area contributed by atoms with Crippen LogP contribution in [0.15, 0.2) is 53.3 Å². The first-order valence-electron chi connectivity index (χ1n) is 7.83. The summed E-state index contributed by atoms with van der Waals surface area (Å²) >= 11 is 0. The Morgan fingerprint density at radius 3 is 2.29 bits per heavy atom. The van der Waals surface area contributed by atoms with Crippen LogP contribution in [-0.4, -0.2) is 15.0 Å². The molecule has 5 nitrogen and oxygen atoms in total. The number of nitrogens with one attached hydrogen (secondary N) is 1.